The van der Waals surface area contributed by atoms with E-state index in [1.165, 1.54) is 6.26 Å². The van der Waals surface area contributed by atoms with Gasteiger partial charge in [0, 0.05) is 24.5 Å². The van der Waals surface area contributed by atoms with Crippen LogP contribution in [0.15, 0.2) is 23.1 Å². The fourth-order valence-electron chi connectivity index (χ4n) is 3.44. The Balaban J connectivity index is 1.87. The second-order valence-electron chi connectivity index (χ2n) is 6.29. The van der Waals surface area contributed by atoms with Crippen molar-refractivity contribution in [3.63, 3.8) is 0 Å². The van der Waals surface area contributed by atoms with Crippen molar-refractivity contribution in [3.05, 3.63) is 23.8 Å². The van der Waals surface area contributed by atoms with Crippen molar-refractivity contribution in [2.45, 2.75) is 36.4 Å². The van der Waals surface area contributed by atoms with Gasteiger partial charge in [0.05, 0.1) is 4.90 Å². The summed E-state index contributed by atoms with van der Waals surface area (Å²) >= 11 is 0. The van der Waals surface area contributed by atoms with E-state index in [1.807, 2.05) is 0 Å². The number of hydrogen-bond acceptors (Lipinski definition) is 6. The average Bonchev–Trinajstić information content (AvgIpc) is 2.73. The quantitative estimate of drug-likeness (QED) is 0.788. The molecule has 126 valence electrons. The first-order chi connectivity index (χ1) is 11.0. The van der Waals surface area contributed by atoms with E-state index in [0.717, 1.165) is 56.4 Å². The van der Waals surface area contributed by atoms with E-state index < -0.39 is 9.84 Å². The molecule has 2 aliphatic heterocycles. The molecule has 0 aromatic heterocycles. The Morgan fingerprint density at radius 2 is 2.00 bits per heavy atom. The molecule has 3 rings (SSSR count). The second kappa shape index (κ2) is 6.59. The zero-order chi connectivity index (χ0) is 16.4. The van der Waals surface area contributed by atoms with Crippen LogP contribution in [-0.2, 0) is 21.1 Å². The topological polar surface area (TPSA) is 78.5 Å². The van der Waals surface area contributed by atoms with Gasteiger partial charge in [0.2, 0.25) is 0 Å². The minimum Gasteiger partial charge on any atom is -0.363 e. The molecular formula is C16H23N3O3S. The van der Waals surface area contributed by atoms with Gasteiger partial charge in [-0.2, -0.15) is 0 Å². The van der Waals surface area contributed by atoms with Crippen molar-refractivity contribution < 1.29 is 13.2 Å². The third-order valence-electron chi connectivity index (χ3n) is 4.71. The Kier molecular flexibility index (Phi) is 4.70. The van der Waals surface area contributed by atoms with Crippen LogP contribution in [0.4, 0.5) is 5.69 Å². The Morgan fingerprint density at radius 1 is 1.26 bits per heavy atom. The highest BCUT2D eigenvalue weighted by Gasteiger charge is 2.30. The summed E-state index contributed by atoms with van der Waals surface area (Å²) in [5, 5.41) is 6.62. The third kappa shape index (κ3) is 3.57. The summed E-state index contributed by atoms with van der Waals surface area (Å²) in [6, 6.07) is 5.48. The van der Waals surface area contributed by atoms with Crippen LogP contribution >= 0.6 is 0 Å². The number of carbonyl (C=O) groups is 1. The van der Waals surface area contributed by atoms with Gasteiger partial charge in [0.25, 0.3) is 0 Å². The summed E-state index contributed by atoms with van der Waals surface area (Å²) < 4.78 is 23.5. The van der Waals surface area contributed by atoms with E-state index in [1.54, 1.807) is 18.2 Å². The van der Waals surface area contributed by atoms with Crippen molar-refractivity contribution in [2.24, 2.45) is 0 Å². The molecule has 1 aromatic carbocycles. The summed E-state index contributed by atoms with van der Waals surface area (Å²) in [7, 11) is -3.22. The van der Waals surface area contributed by atoms with Crippen LogP contribution in [0.3, 0.4) is 0 Å². The standard InChI is InChI=1S/C16H23N3O3S/c1-23(21,22)14-2-3-15-12(10-14)6-9-19(16(11-20)18-15)13-4-7-17-8-5-13/h2-3,10-11,13,16-18H,4-9H2,1H3. The highest BCUT2D eigenvalue weighted by Crippen LogP contribution is 2.27. The summed E-state index contributed by atoms with van der Waals surface area (Å²) in [4.78, 5) is 14.1. The number of anilines is 1. The van der Waals surface area contributed by atoms with Crippen molar-refractivity contribution in [1.82, 2.24) is 10.2 Å². The van der Waals surface area contributed by atoms with Crippen molar-refractivity contribution in [3.8, 4) is 0 Å². The minimum absolute atomic E-state index is 0.330. The van der Waals surface area contributed by atoms with Crippen molar-refractivity contribution >= 4 is 21.8 Å². The summed E-state index contributed by atoms with van der Waals surface area (Å²) in [6.45, 7) is 2.69. The van der Waals surface area contributed by atoms with E-state index >= 15 is 0 Å². The average molecular weight is 337 g/mol. The first-order valence-electron chi connectivity index (χ1n) is 8.00. The first-order valence-corrected chi connectivity index (χ1v) is 9.89. The molecule has 23 heavy (non-hydrogen) atoms. The second-order valence-corrected chi connectivity index (χ2v) is 8.30. The van der Waals surface area contributed by atoms with Gasteiger partial charge in [-0.3, -0.25) is 9.69 Å². The molecule has 1 atom stereocenters. The molecule has 0 amide bonds. The van der Waals surface area contributed by atoms with Crippen LogP contribution in [0, 0.1) is 0 Å². The van der Waals surface area contributed by atoms with E-state index in [-0.39, 0.29) is 6.17 Å². The molecule has 7 heteroatoms. The summed E-state index contributed by atoms with van der Waals surface area (Å²) in [5.41, 5.74) is 1.81. The van der Waals surface area contributed by atoms with Gasteiger partial charge in [-0.15, -0.1) is 0 Å². The first kappa shape index (κ1) is 16.4. The van der Waals surface area contributed by atoms with Crippen LogP contribution in [0.1, 0.15) is 18.4 Å². The van der Waals surface area contributed by atoms with E-state index in [0.29, 0.717) is 10.9 Å². The number of nitrogens with zero attached hydrogens (tertiary/aromatic N) is 1. The Bertz CT molecular complexity index is 684. The molecule has 1 saturated heterocycles. The number of hydrogen-bond donors (Lipinski definition) is 2. The number of rotatable bonds is 3. The number of sulfone groups is 1. The van der Waals surface area contributed by atoms with Crippen LogP contribution < -0.4 is 10.6 Å². The highest BCUT2D eigenvalue weighted by molar-refractivity contribution is 7.90. The monoisotopic (exact) mass is 337 g/mol. The zero-order valence-electron chi connectivity index (χ0n) is 13.3. The Labute approximate surface area is 137 Å². The van der Waals surface area contributed by atoms with Crippen LogP contribution in [0.5, 0.6) is 0 Å². The van der Waals surface area contributed by atoms with Crippen molar-refractivity contribution in [2.75, 3.05) is 31.2 Å². The lowest BCUT2D eigenvalue weighted by Crippen LogP contribution is -2.51. The Hall–Kier alpha value is -1.44. The lowest BCUT2D eigenvalue weighted by atomic mass is 10.0. The maximum absolute atomic E-state index is 11.7. The molecule has 1 fully saturated rings. The maximum atomic E-state index is 11.7. The van der Waals surface area contributed by atoms with Gasteiger partial charge in [-0.25, -0.2) is 8.42 Å². The summed E-state index contributed by atoms with van der Waals surface area (Å²) in [6.07, 6.45) is 4.59. The number of fused-ring (bicyclic) bond motifs is 1. The largest absolute Gasteiger partial charge is 0.363 e. The van der Waals surface area contributed by atoms with Gasteiger partial charge < -0.3 is 10.6 Å². The lowest BCUT2D eigenvalue weighted by Gasteiger charge is -2.37. The number of nitrogens with one attached hydrogen (secondary N) is 2. The molecule has 2 N–H and O–H groups in total. The fourth-order valence-corrected chi connectivity index (χ4v) is 4.11. The molecule has 6 nitrogen and oxygen atoms in total. The smallest absolute Gasteiger partial charge is 0.175 e. The van der Waals surface area contributed by atoms with Crippen LogP contribution in [0.25, 0.3) is 0 Å². The predicted molar refractivity (Wildman–Crippen MR) is 89.3 cm³/mol. The molecule has 2 aliphatic rings. The van der Waals surface area contributed by atoms with Gasteiger partial charge in [-0.1, -0.05) is 0 Å². The van der Waals surface area contributed by atoms with Crippen LogP contribution in [-0.4, -0.2) is 57.7 Å². The zero-order valence-corrected chi connectivity index (χ0v) is 14.1. The van der Waals surface area contributed by atoms with E-state index in [4.69, 9.17) is 0 Å². The minimum atomic E-state index is -3.22. The highest BCUT2D eigenvalue weighted by atomic mass is 32.2. The molecule has 0 radical (unpaired) electrons. The maximum Gasteiger partial charge on any atom is 0.175 e. The molecule has 0 aliphatic carbocycles. The third-order valence-corrected chi connectivity index (χ3v) is 5.82. The van der Waals surface area contributed by atoms with Gasteiger partial charge in [0.1, 0.15) is 6.17 Å². The Morgan fingerprint density at radius 3 is 2.65 bits per heavy atom. The van der Waals surface area contributed by atoms with Gasteiger partial charge in [-0.05, 0) is 56.1 Å². The number of benzene rings is 1. The lowest BCUT2D eigenvalue weighted by molar-refractivity contribution is -0.112. The van der Waals surface area contributed by atoms with Gasteiger partial charge in [0.15, 0.2) is 16.1 Å². The van der Waals surface area contributed by atoms with Gasteiger partial charge >= 0.3 is 0 Å². The number of carbonyl (C=O) groups excluding carboxylic acids is 1. The summed E-state index contributed by atoms with van der Waals surface area (Å²) in [5.74, 6) is 0. The normalized spacial score (nSPS) is 23.6. The predicted octanol–water partition coefficient (Wildman–Crippen LogP) is 0.637. The van der Waals surface area contributed by atoms with Crippen molar-refractivity contribution in [1.29, 1.82) is 0 Å². The molecule has 0 saturated carbocycles. The molecule has 0 bridgehead atoms. The fraction of sp³-hybridized carbons (Fsp3) is 0.562. The SMILES string of the molecule is CS(=O)(=O)c1ccc2c(c1)CCN(C1CCNCC1)C(C=O)N2. The molecule has 0 spiro atoms. The van der Waals surface area contributed by atoms with E-state index in [9.17, 15) is 13.2 Å². The number of piperidine rings is 1. The van der Waals surface area contributed by atoms with E-state index in [2.05, 4.69) is 15.5 Å². The molecule has 1 aromatic rings. The molecule has 2 heterocycles. The van der Waals surface area contributed by atoms with Crippen LogP contribution in [0.2, 0.25) is 0 Å². The molecular weight excluding hydrogens is 314 g/mol. The molecule has 1 unspecified atom stereocenters. The number of aldehydes is 1.